The molecule has 0 aromatic carbocycles. The summed E-state index contributed by atoms with van der Waals surface area (Å²) in [5.74, 6) is -3.36. The Morgan fingerprint density at radius 3 is 2.13 bits per heavy atom. The fourth-order valence-corrected chi connectivity index (χ4v) is 3.56. The Morgan fingerprint density at radius 1 is 1.03 bits per heavy atom. The van der Waals surface area contributed by atoms with Crippen LogP contribution in [-0.2, 0) is 33.3 Å². The van der Waals surface area contributed by atoms with E-state index in [1.54, 1.807) is 27.7 Å². The van der Waals surface area contributed by atoms with E-state index in [0.717, 1.165) is 19.1 Å². The molecule has 1 heterocycles. The second-order valence-corrected chi connectivity index (χ2v) is 7.73. The third kappa shape index (κ3) is 4.63. The molecule has 10 nitrogen and oxygen atoms in total. The molecule has 0 saturated heterocycles. The number of nitrogens with zero attached hydrogens (tertiary/aromatic N) is 1. The molecule has 31 heavy (non-hydrogen) atoms. The van der Waals surface area contributed by atoms with Crippen LogP contribution in [0.5, 0.6) is 0 Å². The Labute approximate surface area is 180 Å². The monoisotopic (exact) mass is 437 g/mol. The van der Waals surface area contributed by atoms with Crippen LogP contribution in [0.1, 0.15) is 27.7 Å². The summed E-state index contributed by atoms with van der Waals surface area (Å²) in [7, 11) is 2.27. The van der Waals surface area contributed by atoms with Crippen molar-refractivity contribution in [1.82, 2.24) is 4.90 Å². The molecule has 0 radical (unpaired) electrons. The van der Waals surface area contributed by atoms with Crippen LogP contribution >= 0.6 is 0 Å². The van der Waals surface area contributed by atoms with Crippen molar-refractivity contribution in [2.24, 2.45) is 5.92 Å². The third-order valence-corrected chi connectivity index (χ3v) is 4.66. The average Bonchev–Trinajstić information content (AvgIpc) is 3.05. The van der Waals surface area contributed by atoms with Crippen LogP contribution in [0, 0.1) is 5.92 Å². The Kier molecular flexibility index (Phi) is 7.27. The van der Waals surface area contributed by atoms with Crippen LogP contribution < -0.4 is 0 Å². The molecule has 0 unspecified atom stereocenters. The number of esters is 3. The van der Waals surface area contributed by atoms with Crippen molar-refractivity contribution in [3.63, 3.8) is 0 Å². The lowest BCUT2D eigenvalue weighted by molar-refractivity contribution is -0.140. The summed E-state index contributed by atoms with van der Waals surface area (Å²) in [6, 6.07) is -1.18. The SMILES string of the molecule is CCOC(=O)C1=C(CO)N(C(=O)OC(C)(C)C)[C@H]2C(C(=O)OC)=C(C(=O)OC)C=C[C@@H]12. The number of amides is 1. The predicted molar refractivity (Wildman–Crippen MR) is 106 cm³/mol. The summed E-state index contributed by atoms with van der Waals surface area (Å²) < 4.78 is 20.2. The number of aliphatic hydroxyl groups is 1. The fraction of sp³-hybridized carbons (Fsp3) is 0.524. The first-order valence-corrected chi connectivity index (χ1v) is 9.64. The van der Waals surface area contributed by atoms with Crippen molar-refractivity contribution in [2.45, 2.75) is 39.3 Å². The van der Waals surface area contributed by atoms with Gasteiger partial charge in [0.2, 0.25) is 0 Å². The van der Waals surface area contributed by atoms with Gasteiger partial charge in [-0.05, 0) is 27.7 Å². The van der Waals surface area contributed by atoms with Gasteiger partial charge in [-0.2, -0.15) is 0 Å². The highest BCUT2D eigenvalue weighted by Crippen LogP contribution is 2.44. The summed E-state index contributed by atoms with van der Waals surface area (Å²) in [6.07, 6.45) is 1.90. The minimum absolute atomic E-state index is 0.0122. The van der Waals surface area contributed by atoms with Gasteiger partial charge in [0.25, 0.3) is 0 Å². The van der Waals surface area contributed by atoms with Crippen LogP contribution in [0.25, 0.3) is 0 Å². The zero-order valence-corrected chi connectivity index (χ0v) is 18.4. The van der Waals surface area contributed by atoms with Crippen LogP contribution in [0.2, 0.25) is 0 Å². The van der Waals surface area contributed by atoms with Gasteiger partial charge >= 0.3 is 24.0 Å². The maximum Gasteiger partial charge on any atom is 0.415 e. The van der Waals surface area contributed by atoms with Crippen molar-refractivity contribution in [3.05, 3.63) is 34.6 Å². The molecule has 1 N–H and O–H groups in total. The van der Waals surface area contributed by atoms with Gasteiger partial charge < -0.3 is 24.1 Å². The van der Waals surface area contributed by atoms with E-state index in [2.05, 4.69) is 0 Å². The lowest BCUT2D eigenvalue weighted by atomic mass is 9.82. The van der Waals surface area contributed by atoms with E-state index in [1.807, 2.05) is 0 Å². The molecule has 170 valence electrons. The topological polar surface area (TPSA) is 129 Å². The number of fused-ring (bicyclic) bond motifs is 1. The minimum atomic E-state index is -1.18. The quantitative estimate of drug-likeness (QED) is 0.499. The second-order valence-electron chi connectivity index (χ2n) is 7.73. The van der Waals surface area contributed by atoms with Gasteiger partial charge in [0.1, 0.15) is 5.60 Å². The summed E-state index contributed by atoms with van der Waals surface area (Å²) in [6.45, 7) is 5.89. The normalized spacial score (nSPS) is 20.4. The standard InChI is InChI=1S/C21H27NO9/c1-7-30-19(26)14-11-8-9-12(17(24)28-5)15(18(25)29-6)16(11)22(13(14)10-23)20(27)31-21(2,3)4/h8-9,11,16,23H,7,10H2,1-6H3/t11-,16+/m0/s1. The molecule has 1 aliphatic heterocycles. The number of carbonyl (C=O) groups is 4. The lowest BCUT2D eigenvalue weighted by Crippen LogP contribution is -2.46. The molecule has 10 heteroatoms. The smallest absolute Gasteiger partial charge is 0.415 e. The number of methoxy groups -OCH3 is 2. The van der Waals surface area contributed by atoms with Crippen LogP contribution in [0.3, 0.4) is 0 Å². The highest BCUT2D eigenvalue weighted by molar-refractivity contribution is 6.05. The van der Waals surface area contributed by atoms with E-state index in [0.29, 0.717) is 0 Å². The zero-order valence-electron chi connectivity index (χ0n) is 18.4. The molecule has 1 amide bonds. The largest absolute Gasteiger partial charge is 0.466 e. The Hall–Kier alpha value is -3.14. The molecule has 2 aliphatic rings. The van der Waals surface area contributed by atoms with Gasteiger partial charge in [-0.25, -0.2) is 19.2 Å². The van der Waals surface area contributed by atoms with E-state index in [1.165, 1.54) is 12.2 Å². The van der Waals surface area contributed by atoms with Crippen molar-refractivity contribution < 1.29 is 43.2 Å². The maximum atomic E-state index is 13.1. The molecule has 0 bridgehead atoms. The van der Waals surface area contributed by atoms with Crippen LogP contribution in [-0.4, -0.2) is 73.1 Å². The molecular weight excluding hydrogens is 410 g/mol. The summed E-state index contributed by atoms with van der Waals surface area (Å²) >= 11 is 0. The average molecular weight is 437 g/mol. The Bertz CT molecular complexity index is 876. The Morgan fingerprint density at radius 2 is 1.65 bits per heavy atom. The molecule has 0 saturated carbocycles. The number of hydrogen-bond donors (Lipinski definition) is 1. The van der Waals surface area contributed by atoms with Gasteiger partial charge in [-0.1, -0.05) is 12.2 Å². The fourth-order valence-electron chi connectivity index (χ4n) is 3.56. The highest BCUT2D eigenvalue weighted by atomic mass is 16.6. The number of ether oxygens (including phenoxy) is 4. The molecule has 0 spiro atoms. The minimum Gasteiger partial charge on any atom is -0.466 e. The van der Waals surface area contributed by atoms with Crippen molar-refractivity contribution in [3.8, 4) is 0 Å². The molecule has 2 atom stereocenters. The van der Waals surface area contributed by atoms with Gasteiger partial charge in [0.15, 0.2) is 0 Å². The predicted octanol–water partition coefficient (Wildman–Crippen LogP) is 1.24. The first-order valence-electron chi connectivity index (χ1n) is 9.64. The van der Waals surface area contributed by atoms with Crippen molar-refractivity contribution in [2.75, 3.05) is 27.4 Å². The van der Waals surface area contributed by atoms with Gasteiger partial charge in [-0.3, -0.25) is 4.90 Å². The maximum absolute atomic E-state index is 13.1. The van der Waals surface area contributed by atoms with E-state index >= 15 is 0 Å². The van der Waals surface area contributed by atoms with E-state index in [4.69, 9.17) is 18.9 Å². The Balaban J connectivity index is 2.76. The highest BCUT2D eigenvalue weighted by Gasteiger charge is 2.52. The van der Waals surface area contributed by atoms with Gasteiger partial charge in [0, 0.05) is 5.92 Å². The first kappa shape index (κ1) is 24.1. The van der Waals surface area contributed by atoms with E-state index in [9.17, 15) is 24.3 Å². The van der Waals surface area contributed by atoms with Gasteiger partial charge in [0.05, 0.1) is 55.9 Å². The molecular formula is C21H27NO9. The van der Waals surface area contributed by atoms with Crippen LogP contribution in [0.4, 0.5) is 4.79 Å². The molecule has 1 aliphatic carbocycles. The van der Waals surface area contributed by atoms with Crippen molar-refractivity contribution in [1.29, 1.82) is 0 Å². The van der Waals surface area contributed by atoms with Crippen LogP contribution in [0.15, 0.2) is 34.6 Å². The summed E-state index contributed by atoms with van der Waals surface area (Å²) in [4.78, 5) is 51.8. The molecule has 0 aromatic rings. The van der Waals surface area contributed by atoms with E-state index in [-0.39, 0.29) is 29.0 Å². The summed E-state index contributed by atoms with van der Waals surface area (Å²) in [5.41, 5.74) is -1.34. The number of rotatable bonds is 5. The zero-order chi connectivity index (χ0) is 23.5. The van der Waals surface area contributed by atoms with E-state index < -0.39 is 48.2 Å². The number of carbonyl (C=O) groups excluding carboxylic acids is 4. The molecule has 0 fully saturated rings. The first-order chi connectivity index (χ1) is 14.5. The lowest BCUT2D eigenvalue weighted by Gasteiger charge is -2.34. The number of hydrogen-bond acceptors (Lipinski definition) is 9. The second kappa shape index (κ2) is 9.34. The summed E-state index contributed by atoms with van der Waals surface area (Å²) in [5, 5.41) is 10.1. The number of aliphatic hydroxyl groups excluding tert-OH is 1. The third-order valence-electron chi connectivity index (χ3n) is 4.66. The van der Waals surface area contributed by atoms with Crippen molar-refractivity contribution >= 4 is 24.0 Å². The van der Waals surface area contributed by atoms with Gasteiger partial charge in [-0.15, -0.1) is 0 Å². The molecule has 2 rings (SSSR count). The molecule has 0 aromatic heterocycles.